The van der Waals surface area contributed by atoms with Crippen LogP contribution in [0.25, 0.3) is 0 Å². The third kappa shape index (κ3) is 4.15. The van der Waals surface area contributed by atoms with Crippen molar-refractivity contribution >= 4 is 17.5 Å². The van der Waals surface area contributed by atoms with Crippen LogP contribution in [-0.2, 0) is 4.79 Å². The summed E-state index contributed by atoms with van der Waals surface area (Å²) in [5, 5.41) is 4.00. The van der Waals surface area contributed by atoms with Gasteiger partial charge in [0.05, 0.1) is 11.3 Å². The summed E-state index contributed by atoms with van der Waals surface area (Å²) in [6, 6.07) is 5.19. The summed E-state index contributed by atoms with van der Waals surface area (Å²) < 4.78 is 49.9. The SMILES string of the molecule is NCCNC(=O)c1ccccc1NC(=O)C(F)(F)C(F)F. The second-order valence-corrected chi connectivity index (χ2v) is 3.97. The van der Waals surface area contributed by atoms with Crippen LogP contribution in [0, 0.1) is 0 Å². The molecule has 116 valence electrons. The molecule has 0 saturated carbocycles. The first-order chi connectivity index (χ1) is 9.80. The molecule has 2 amide bonds. The minimum Gasteiger partial charge on any atom is -0.351 e. The van der Waals surface area contributed by atoms with Crippen LogP contribution in [-0.4, -0.2) is 37.3 Å². The number of alkyl halides is 4. The van der Waals surface area contributed by atoms with E-state index in [1.54, 1.807) is 5.32 Å². The summed E-state index contributed by atoms with van der Waals surface area (Å²) in [6.07, 6.45) is -4.14. The van der Waals surface area contributed by atoms with Gasteiger partial charge in [-0.15, -0.1) is 0 Å². The normalized spacial score (nSPS) is 11.3. The van der Waals surface area contributed by atoms with E-state index in [0.717, 1.165) is 6.07 Å². The summed E-state index contributed by atoms with van der Waals surface area (Å²) in [7, 11) is 0. The van der Waals surface area contributed by atoms with Crippen LogP contribution in [0.1, 0.15) is 10.4 Å². The molecule has 1 aromatic carbocycles. The number of nitrogens with one attached hydrogen (secondary N) is 2. The Labute approximate surface area is 117 Å². The van der Waals surface area contributed by atoms with Gasteiger partial charge >= 0.3 is 18.3 Å². The number of benzene rings is 1. The maximum atomic E-state index is 12.9. The van der Waals surface area contributed by atoms with E-state index in [4.69, 9.17) is 5.73 Å². The predicted molar refractivity (Wildman–Crippen MR) is 67.4 cm³/mol. The smallest absolute Gasteiger partial charge is 0.351 e. The van der Waals surface area contributed by atoms with Gasteiger partial charge in [-0.25, -0.2) is 8.78 Å². The molecule has 0 aliphatic rings. The first-order valence-electron chi connectivity index (χ1n) is 5.85. The van der Waals surface area contributed by atoms with Crippen molar-refractivity contribution in [3.63, 3.8) is 0 Å². The number of halogens is 4. The quantitative estimate of drug-likeness (QED) is 0.691. The minimum absolute atomic E-state index is 0.133. The second kappa shape index (κ2) is 7.02. The second-order valence-electron chi connectivity index (χ2n) is 3.97. The van der Waals surface area contributed by atoms with Gasteiger partial charge in [-0.3, -0.25) is 9.59 Å². The first-order valence-corrected chi connectivity index (χ1v) is 5.85. The predicted octanol–water partition coefficient (Wildman–Crippen LogP) is 1.21. The monoisotopic (exact) mass is 307 g/mol. The summed E-state index contributed by atoms with van der Waals surface area (Å²) in [5.74, 6) is -7.70. The Hall–Kier alpha value is -2.16. The number of hydrogen-bond acceptors (Lipinski definition) is 3. The largest absolute Gasteiger partial charge is 0.383 e. The molecule has 5 nitrogen and oxygen atoms in total. The molecule has 1 rings (SSSR count). The molecule has 0 saturated heterocycles. The topological polar surface area (TPSA) is 84.2 Å². The van der Waals surface area contributed by atoms with Crippen LogP contribution >= 0.6 is 0 Å². The van der Waals surface area contributed by atoms with Gasteiger partial charge in [0.25, 0.3) is 5.91 Å². The van der Waals surface area contributed by atoms with E-state index in [9.17, 15) is 27.2 Å². The maximum Gasteiger partial charge on any atom is 0.383 e. The fourth-order valence-corrected chi connectivity index (χ4v) is 1.38. The zero-order chi connectivity index (χ0) is 16.0. The Balaban J connectivity index is 2.94. The number of amides is 2. The van der Waals surface area contributed by atoms with Gasteiger partial charge < -0.3 is 16.4 Å². The highest BCUT2D eigenvalue weighted by Gasteiger charge is 2.49. The van der Waals surface area contributed by atoms with Crippen molar-refractivity contribution in [2.45, 2.75) is 12.3 Å². The average molecular weight is 307 g/mol. The number of hydrogen-bond donors (Lipinski definition) is 3. The molecule has 1 aromatic rings. The highest BCUT2D eigenvalue weighted by Crippen LogP contribution is 2.25. The summed E-state index contributed by atoms with van der Waals surface area (Å²) in [4.78, 5) is 22.9. The summed E-state index contributed by atoms with van der Waals surface area (Å²) >= 11 is 0. The van der Waals surface area contributed by atoms with Crippen molar-refractivity contribution in [3.05, 3.63) is 29.8 Å². The zero-order valence-electron chi connectivity index (χ0n) is 10.7. The highest BCUT2D eigenvalue weighted by molar-refractivity contribution is 6.05. The molecular weight excluding hydrogens is 294 g/mol. The standard InChI is InChI=1S/C12H13F4N3O2/c13-10(14)12(15,16)11(21)19-8-4-2-1-3-7(8)9(20)18-6-5-17/h1-4,10H,5-6,17H2,(H,18,20)(H,19,21). The van der Waals surface area contributed by atoms with Gasteiger partial charge in [0.1, 0.15) is 0 Å². The van der Waals surface area contributed by atoms with E-state index in [0.29, 0.717) is 0 Å². The lowest BCUT2D eigenvalue weighted by molar-refractivity contribution is -0.163. The van der Waals surface area contributed by atoms with Crippen molar-refractivity contribution in [1.82, 2.24) is 5.32 Å². The van der Waals surface area contributed by atoms with E-state index >= 15 is 0 Å². The van der Waals surface area contributed by atoms with Crippen LogP contribution < -0.4 is 16.4 Å². The van der Waals surface area contributed by atoms with Crippen molar-refractivity contribution in [1.29, 1.82) is 0 Å². The highest BCUT2D eigenvalue weighted by atomic mass is 19.3. The number of para-hydroxylation sites is 1. The molecule has 4 N–H and O–H groups in total. The van der Waals surface area contributed by atoms with Crippen LogP contribution in [0.2, 0.25) is 0 Å². The van der Waals surface area contributed by atoms with Crippen LogP contribution in [0.4, 0.5) is 23.2 Å². The third-order valence-electron chi connectivity index (χ3n) is 2.43. The van der Waals surface area contributed by atoms with E-state index in [2.05, 4.69) is 5.32 Å². The van der Waals surface area contributed by atoms with Gasteiger partial charge in [0.2, 0.25) is 0 Å². The summed E-state index contributed by atoms with van der Waals surface area (Å²) in [5.41, 5.74) is 4.77. The Morgan fingerprint density at radius 3 is 2.43 bits per heavy atom. The first kappa shape index (κ1) is 16.9. The van der Waals surface area contributed by atoms with Crippen LogP contribution in [0.5, 0.6) is 0 Å². The summed E-state index contributed by atoms with van der Waals surface area (Å²) in [6.45, 7) is 0.290. The van der Waals surface area contributed by atoms with Crippen LogP contribution in [0.3, 0.4) is 0 Å². The Morgan fingerprint density at radius 2 is 1.86 bits per heavy atom. The molecule has 0 aliphatic heterocycles. The molecule has 21 heavy (non-hydrogen) atoms. The Morgan fingerprint density at radius 1 is 1.24 bits per heavy atom. The van der Waals surface area contributed by atoms with E-state index in [1.165, 1.54) is 18.2 Å². The average Bonchev–Trinajstić information content (AvgIpc) is 2.45. The Bertz CT molecular complexity index is 523. The van der Waals surface area contributed by atoms with Crippen molar-refractivity contribution in [3.8, 4) is 0 Å². The number of carbonyl (C=O) groups is 2. The molecule has 0 fully saturated rings. The lowest BCUT2D eigenvalue weighted by atomic mass is 10.1. The minimum atomic E-state index is -4.85. The van der Waals surface area contributed by atoms with Gasteiger partial charge in [0.15, 0.2) is 0 Å². The fourth-order valence-electron chi connectivity index (χ4n) is 1.38. The Kier molecular flexibility index (Phi) is 5.65. The molecule has 9 heteroatoms. The number of carbonyl (C=O) groups excluding carboxylic acids is 2. The maximum absolute atomic E-state index is 12.9. The molecule has 0 heterocycles. The molecule has 0 spiro atoms. The van der Waals surface area contributed by atoms with Gasteiger partial charge in [-0.2, -0.15) is 8.78 Å². The molecule has 0 unspecified atom stereocenters. The number of nitrogens with two attached hydrogens (primary N) is 1. The van der Waals surface area contributed by atoms with Crippen molar-refractivity contribution in [2.75, 3.05) is 18.4 Å². The third-order valence-corrected chi connectivity index (χ3v) is 2.43. The number of anilines is 1. The fraction of sp³-hybridized carbons (Fsp3) is 0.333. The lowest BCUT2D eigenvalue weighted by Gasteiger charge is -2.16. The van der Waals surface area contributed by atoms with E-state index in [-0.39, 0.29) is 24.3 Å². The van der Waals surface area contributed by atoms with E-state index in [1.807, 2.05) is 0 Å². The van der Waals surface area contributed by atoms with Crippen molar-refractivity contribution < 1.29 is 27.2 Å². The van der Waals surface area contributed by atoms with Gasteiger partial charge in [-0.1, -0.05) is 12.1 Å². The van der Waals surface area contributed by atoms with Gasteiger partial charge in [-0.05, 0) is 12.1 Å². The molecule has 0 atom stereocenters. The van der Waals surface area contributed by atoms with Crippen molar-refractivity contribution in [2.24, 2.45) is 5.73 Å². The molecule has 0 aromatic heterocycles. The molecule has 0 aliphatic carbocycles. The number of rotatable bonds is 6. The molecule has 0 radical (unpaired) electrons. The lowest BCUT2D eigenvalue weighted by Crippen LogP contribution is -2.41. The zero-order valence-corrected chi connectivity index (χ0v) is 10.7. The molecule has 0 bridgehead atoms. The van der Waals surface area contributed by atoms with E-state index < -0.39 is 24.2 Å². The molecular formula is C12H13F4N3O2. The van der Waals surface area contributed by atoms with Gasteiger partial charge in [0, 0.05) is 13.1 Å². The van der Waals surface area contributed by atoms with Crippen LogP contribution in [0.15, 0.2) is 24.3 Å².